The highest BCUT2D eigenvalue weighted by Crippen LogP contribution is 2.37. The fourth-order valence-corrected chi connectivity index (χ4v) is 2.41. The van der Waals surface area contributed by atoms with Crippen LogP contribution in [-0.4, -0.2) is 20.8 Å². The Labute approximate surface area is 101 Å². The van der Waals surface area contributed by atoms with Crippen molar-refractivity contribution in [3.8, 4) is 0 Å². The van der Waals surface area contributed by atoms with Crippen LogP contribution in [0.1, 0.15) is 31.0 Å². The van der Waals surface area contributed by atoms with E-state index in [0.717, 1.165) is 23.0 Å². The molecule has 1 fully saturated rings. The zero-order valence-electron chi connectivity index (χ0n) is 9.95. The van der Waals surface area contributed by atoms with Crippen LogP contribution < -0.4 is 11.1 Å². The molecule has 1 saturated carbocycles. The summed E-state index contributed by atoms with van der Waals surface area (Å²) in [5.74, 6) is 1.75. The molecule has 0 bridgehead atoms. The van der Waals surface area contributed by atoms with E-state index in [1.54, 1.807) is 0 Å². The van der Waals surface area contributed by atoms with Gasteiger partial charge in [0.2, 0.25) is 0 Å². The van der Waals surface area contributed by atoms with E-state index in [2.05, 4.69) is 17.3 Å². The van der Waals surface area contributed by atoms with Gasteiger partial charge in [-0.05, 0) is 19.3 Å². The van der Waals surface area contributed by atoms with Crippen LogP contribution in [0.3, 0.4) is 0 Å². The van der Waals surface area contributed by atoms with Gasteiger partial charge in [-0.25, -0.2) is 0 Å². The molecule has 0 amide bonds. The number of thiocarbonyl (C=S) groups is 1. The first-order valence-electron chi connectivity index (χ1n) is 5.64. The van der Waals surface area contributed by atoms with Crippen molar-refractivity contribution in [2.24, 2.45) is 18.7 Å². The van der Waals surface area contributed by atoms with Crippen molar-refractivity contribution >= 4 is 23.0 Å². The Morgan fingerprint density at radius 2 is 2.38 bits per heavy atom. The van der Waals surface area contributed by atoms with E-state index in [1.807, 2.05) is 18.7 Å². The molecule has 0 aromatic carbocycles. The zero-order chi connectivity index (χ0) is 11.9. The molecule has 0 radical (unpaired) electrons. The van der Waals surface area contributed by atoms with Gasteiger partial charge in [-0.15, -0.1) is 0 Å². The SMILES string of the molecule is CCC1CC1Nc1c(C(N)=S)c(C)nn1C. The van der Waals surface area contributed by atoms with Crippen LogP contribution in [0.2, 0.25) is 0 Å². The molecule has 4 nitrogen and oxygen atoms in total. The van der Waals surface area contributed by atoms with E-state index >= 15 is 0 Å². The first-order valence-corrected chi connectivity index (χ1v) is 6.05. The van der Waals surface area contributed by atoms with Crippen molar-refractivity contribution in [3.05, 3.63) is 11.3 Å². The van der Waals surface area contributed by atoms with Crippen molar-refractivity contribution in [1.29, 1.82) is 0 Å². The summed E-state index contributed by atoms with van der Waals surface area (Å²) in [7, 11) is 1.92. The van der Waals surface area contributed by atoms with Crippen LogP contribution in [0.5, 0.6) is 0 Å². The van der Waals surface area contributed by atoms with E-state index < -0.39 is 0 Å². The minimum absolute atomic E-state index is 0.418. The summed E-state index contributed by atoms with van der Waals surface area (Å²) in [6.07, 6.45) is 2.45. The summed E-state index contributed by atoms with van der Waals surface area (Å²) in [4.78, 5) is 0.418. The summed E-state index contributed by atoms with van der Waals surface area (Å²) >= 11 is 5.07. The van der Waals surface area contributed by atoms with E-state index in [1.165, 1.54) is 12.8 Å². The second-order valence-electron chi connectivity index (χ2n) is 4.45. The first-order chi connectivity index (χ1) is 7.54. The lowest BCUT2D eigenvalue weighted by atomic mass is 10.2. The maximum atomic E-state index is 5.73. The lowest BCUT2D eigenvalue weighted by Gasteiger charge is -2.08. The molecule has 2 rings (SSSR count). The Morgan fingerprint density at radius 3 is 2.88 bits per heavy atom. The molecule has 88 valence electrons. The molecule has 1 heterocycles. The predicted octanol–water partition coefficient (Wildman–Crippen LogP) is 1.57. The quantitative estimate of drug-likeness (QED) is 0.782. The summed E-state index contributed by atoms with van der Waals surface area (Å²) in [5, 5.41) is 7.84. The Morgan fingerprint density at radius 1 is 1.69 bits per heavy atom. The van der Waals surface area contributed by atoms with Crippen molar-refractivity contribution in [3.63, 3.8) is 0 Å². The monoisotopic (exact) mass is 238 g/mol. The van der Waals surface area contributed by atoms with Crippen LogP contribution in [0.25, 0.3) is 0 Å². The van der Waals surface area contributed by atoms with E-state index in [0.29, 0.717) is 11.0 Å². The Hall–Kier alpha value is -1.10. The molecule has 0 saturated heterocycles. The highest BCUT2D eigenvalue weighted by Gasteiger charge is 2.36. The van der Waals surface area contributed by atoms with Crippen LogP contribution in [0.4, 0.5) is 5.82 Å². The van der Waals surface area contributed by atoms with E-state index in [4.69, 9.17) is 18.0 Å². The van der Waals surface area contributed by atoms with Crippen molar-refractivity contribution in [2.45, 2.75) is 32.7 Å². The normalized spacial score (nSPS) is 23.2. The largest absolute Gasteiger partial charge is 0.389 e. The van der Waals surface area contributed by atoms with Gasteiger partial charge in [0.25, 0.3) is 0 Å². The highest BCUT2D eigenvalue weighted by molar-refractivity contribution is 7.80. The van der Waals surface area contributed by atoms with Crippen molar-refractivity contribution in [1.82, 2.24) is 9.78 Å². The minimum Gasteiger partial charge on any atom is -0.389 e. The topological polar surface area (TPSA) is 55.9 Å². The van der Waals surface area contributed by atoms with Crippen molar-refractivity contribution < 1.29 is 0 Å². The van der Waals surface area contributed by atoms with Crippen molar-refractivity contribution in [2.75, 3.05) is 5.32 Å². The molecule has 3 N–H and O–H groups in total. The fraction of sp³-hybridized carbons (Fsp3) is 0.636. The van der Waals surface area contributed by atoms with Gasteiger partial charge in [0.15, 0.2) is 0 Å². The molecule has 2 unspecified atom stereocenters. The number of aryl methyl sites for hydroxylation is 2. The van der Waals surface area contributed by atoms with E-state index in [-0.39, 0.29) is 0 Å². The molecular weight excluding hydrogens is 220 g/mol. The molecule has 0 spiro atoms. The average molecular weight is 238 g/mol. The maximum Gasteiger partial charge on any atom is 0.134 e. The van der Waals surface area contributed by atoms with Gasteiger partial charge in [0, 0.05) is 13.1 Å². The van der Waals surface area contributed by atoms with Crippen LogP contribution >= 0.6 is 12.2 Å². The van der Waals surface area contributed by atoms with Gasteiger partial charge in [-0.2, -0.15) is 5.10 Å². The number of aromatic nitrogens is 2. The smallest absolute Gasteiger partial charge is 0.134 e. The van der Waals surface area contributed by atoms with Gasteiger partial charge in [0.05, 0.1) is 11.3 Å². The molecule has 5 heteroatoms. The molecule has 1 aliphatic rings. The number of anilines is 1. The molecule has 2 atom stereocenters. The molecule has 1 aliphatic carbocycles. The average Bonchev–Trinajstić information content (AvgIpc) is 2.88. The lowest BCUT2D eigenvalue weighted by Crippen LogP contribution is -2.16. The number of nitrogens with zero attached hydrogens (tertiary/aromatic N) is 2. The molecular formula is C11H18N4S. The minimum atomic E-state index is 0.418. The highest BCUT2D eigenvalue weighted by atomic mass is 32.1. The Kier molecular flexibility index (Phi) is 2.88. The second kappa shape index (κ2) is 4.05. The Bertz CT molecular complexity index is 424. The Balaban J connectivity index is 2.23. The van der Waals surface area contributed by atoms with Crippen LogP contribution in [0.15, 0.2) is 0 Å². The summed E-state index contributed by atoms with van der Waals surface area (Å²) in [6, 6.07) is 0.563. The predicted molar refractivity (Wildman–Crippen MR) is 69.6 cm³/mol. The molecule has 16 heavy (non-hydrogen) atoms. The number of rotatable bonds is 4. The third-order valence-corrected chi connectivity index (χ3v) is 3.44. The number of hydrogen-bond acceptors (Lipinski definition) is 3. The van der Waals surface area contributed by atoms with Gasteiger partial charge >= 0.3 is 0 Å². The summed E-state index contributed by atoms with van der Waals surface area (Å²) in [5.41, 5.74) is 7.51. The second-order valence-corrected chi connectivity index (χ2v) is 4.89. The maximum absolute atomic E-state index is 5.73. The molecule has 1 aromatic heterocycles. The number of nitrogens with one attached hydrogen (secondary N) is 1. The van der Waals surface area contributed by atoms with Crippen LogP contribution in [0, 0.1) is 12.8 Å². The van der Waals surface area contributed by atoms with Gasteiger partial charge < -0.3 is 11.1 Å². The van der Waals surface area contributed by atoms with Gasteiger partial charge in [-0.3, -0.25) is 4.68 Å². The zero-order valence-corrected chi connectivity index (χ0v) is 10.8. The standard InChI is InChI=1S/C11H18N4S/c1-4-7-5-8(7)13-11-9(10(12)16)6(2)14-15(11)3/h7-8,13H,4-5H2,1-3H3,(H2,12,16). The molecule has 1 aromatic rings. The van der Waals surface area contributed by atoms with Gasteiger partial charge in [-0.1, -0.05) is 25.6 Å². The summed E-state index contributed by atoms with van der Waals surface area (Å²) in [6.45, 7) is 4.15. The third kappa shape index (κ3) is 1.91. The summed E-state index contributed by atoms with van der Waals surface area (Å²) < 4.78 is 1.83. The number of nitrogens with two attached hydrogens (primary N) is 1. The fourth-order valence-electron chi connectivity index (χ4n) is 2.17. The number of hydrogen-bond donors (Lipinski definition) is 2. The first kappa shape index (κ1) is 11.4. The lowest BCUT2D eigenvalue weighted by molar-refractivity contribution is 0.739. The van der Waals surface area contributed by atoms with Gasteiger partial charge in [0.1, 0.15) is 10.8 Å². The van der Waals surface area contributed by atoms with Crippen LogP contribution in [-0.2, 0) is 7.05 Å². The molecule has 0 aliphatic heterocycles. The third-order valence-electron chi connectivity index (χ3n) is 3.24. The van der Waals surface area contributed by atoms with E-state index in [9.17, 15) is 0 Å².